The van der Waals surface area contributed by atoms with Gasteiger partial charge in [-0.2, -0.15) is 0 Å². The van der Waals surface area contributed by atoms with Crippen LogP contribution in [-0.4, -0.2) is 18.4 Å². The molecule has 21 heavy (non-hydrogen) atoms. The van der Waals surface area contributed by atoms with Crippen molar-refractivity contribution in [3.63, 3.8) is 0 Å². The summed E-state index contributed by atoms with van der Waals surface area (Å²) in [5.74, 6) is -0.398. The van der Waals surface area contributed by atoms with Crippen molar-refractivity contribution in [2.45, 2.75) is 6.92 Å². The van der Waals surface area contributed by atoms with Crippen molar-refractivity contribution in [3.8, 4) is 0 Å². The third-order valence-electron chi connectivity index (χ3n) is 3.50. The number of fused-ring (bicyclic) bond motifs is 1. The fourth-order valence-electron chi connectivity index (χ4n) is 2.49. The zero-order valence-electron chi connectivity index (χ0n) is 11.6. The lowest BCUT2D eigenvalue weighted by atomic mass is 10.1. The molecule has 1 aliphatic rings. The highest BCUT2D eigenvalue weighted by Crippen LogP contribution is 2.30. The number of nitrogens with zero attached hydrogens (tertiary/aromatic N) is 1. The largest absolute Gasteiger partial charge is 0.399 e. The quantitative estimate of drug-likeness (QED) is 0.787. The average molecular weight is 281 g/mol. The van der Waals surface area contributed by atoms with Gasteiger partial charge in [0.05, 0.1) is 11.4 Å². The number of carbonyl (C=O) groups excluding carboxylic acids is 2. The summed E-state index contributed by atoms with van der Waals surface area (Å²) in [6.07, 6.45) is 0. The monoisotopic (exact) mass is 281 g/mol. The summed E-state index contributed by atoms with van der Waals surface area (Å²) in [6.45, 7) is 1.85. The molecular formula is C16H15N3O2. The number of nitrogens with two attached hydrogens (primary N) is 1. The van der Waals surface area contributed by atoms with E-state index in [9.17, 15) is 9.59 Å². The van der Waals surface area contributed by atoms with Crippen molar-refractivity contribution in [1.29, 1.82) is 0 Å². The van der Waals surface area contributed by atoms with Gasteiger partial charge in [0.1, 0.15) is 6.54 Å². The molecule has 0 fully saturated rings. The number of benzene rings is 2. The van der Waals surface area contributed by atoms with Gasteiger partial charge in [0.2, 0.25) is 5.91 Å². The zero-order valence-corrected chi connectivity index (χ0v) is 11.6. The van der Waals surface area contributed by atoms with Gasteiger partial charge < -0.3 is 11.1 Å². The van der Waals surface area contributed by atoms with Gasteiger partial charge in [0.15, 0.2) is 0 Å². The van der Waals surface area contributed by atoms with Crippen LogP contribution in [0, 0.1) is 6.92 Å². The number of carbonyl (C=O) groups is 2. The summed E-state index contributed by atoms with van der Waals surface area (Å²) in [5.41, 5.74) is 9.03. The number of para-hydroxylation sites is 2. The second kappa shape index (κ2) is 4.94. The van der Waals surface area contributed by atoms with E-state index in [4.69, 9.17) is 5.73 Å². The highest BCUT2D eigenvalue weighted by Gasteiger charge is 2.27. The second-order valence-electron chi connectivity index (χ2n) is 5.03. The molecular weight excluding hydrogens is 266 g/mol. The van der Waals surface area contributed by atoms with Crippen LogP contribution in [0.5, 0.6) is 0 Å². The van der Waals surface area contributed by atoms with Gasteiger partial charge >= 0.3 is 0 Å². The van der Waals surface area contributed by atoms with Gasteiger partial charge in [0.25, 0.3) is 5.91 Å². The number of hydrogen-bond donors (Lipinski definition) is 2. The van der Waals surface area contributed by atoms with Gasteiger partial charge in [-0.3, -0.25) is 14.5 Å². The summed E-state index contributed by atoms with van der Waals surface area (Å²) in [6, 6.07) is 12.4. The van der Waals surface area contributed by atoms with Crippen LogP contribution in [0.4, 0.5) is 17.1 Å². The third-order valence-corrected chi connectivity index (χ3v) is 3.50. The zero-order chi connectivity index (χ0) is 15.0. The minimum absolute atomic E-state index is 0.0136. The first kappa shape index (κ1) is 13.2. The Balaban J connectivity index is 2.04. The van der Waals surface area contributed by atoms with Gasteiger partial charge in [-0.15, -0.1) is 0 Å². The van der Waals surface area contributed by atoms with Crippen molar-refractivity contribution in [3.05, 3.63) is 53.6 Å². The van der Waals surface area contributed by atoms with Gasteiger partial charge in [-0.1, -0.05) is 12.1 Å². The Bertz CT molecular complexity index is 740. The highest BCUT2D eigenvalue weighted by atomic mass is 16.2. The van der Waals surface area contributed by atoms with Crippen LogP contribution in [-0.2, 0) is 4.79 Å². The molecule has 2 aromatic rings. The van der Waals surface area contributed by atoms with Crippen LogP contribution in [0.15, 0.2) is 42.5 Å². The molecule has 0 saturated heterocycles. The molecule has 2 amide bonds. The van der Waals surface area contributed by atoms with Crippen LogP contribution >= 0.6 is 0 Å². The van der Waals surface area contributed by atoms with E-state index in [0.29, 0.717) is 22.6 Å². The standard InChI is InChI=1S/C16H15N3O2/c1-10-8-11(17)6-7-12(10)16(21)19-9-15(20)18-13-4-2-3-5-14(13)19/h2-8H,9,17H2,1H3,(H,18,20). The molecule has 0 radical (unpaired) electrons. The second-order valence-corrected chi connectivity index (χ2v) is 5.03. The average Bonchev–Trinajstić information content (AvgIpc) is 2.45. The first-order valence-corrected chi connectivity index (χ1v) is 6.63. The fourth-order valence-corrected chi connectivity index (χ4v) is 2.49. The Morgan fingerprint density at radius 3 is 2.76 bits per heavy atom. The Hall–Kier alpha value is -2.82. The van der Waals surface area contributed by atoms with Crippen molar-refractivity contribution in [2.24, 2.45) is 0 Å². The molecule has 0 atom stereocenters. The first-order valence-electron chi connectivity index (χ1n) is 6.63. The lowest BCUT2D eigenvalue weighted by Gasteiger charge is -2.29. The van der Waals surface area contributed by atoms with Crippen LogP contribution in [0.1, 0.15) is 15.9 Å². The molecule has 0 aromatic heterocycles. The molecule has 0 bridgehead atoms. The van der Waals surface area contributed by atoms with E-state index in [2.05, 4.69) is 5.32 Å². The van der Waals surface area contributed by atoms with Crippen molar-refractivity contribution >= 4 is 28.9 Å². The van der Waals surface area contributed by atoms with E-state index in [1.165, 1.54) is 4.90 Å². The minimum atomic E-state index is -0.199. The number of rotatable bonds is 1. The van der Waals surface area contributed by atoms with Crippen LogP contribution in [0.2, 0.25) is 0 Å². The van der Waals surface area contributed by atoms with E-state index in [-0.39, 0.29) is 18.4 Å². The van der Waals surface area contributed by atoms with Gasteiger partial charge in [-0.05, 0) is 42.8 Å². The van der Waals surface area contributed by atoms with E-state index >= 15 is 0 Å². The Morgan fingerprint density at radius 2 is 2.00 bits per heavy atom. The third kappa shape index (κ3) is 2.33. The van der Waals surface area contributed by atoms with E-state index in [0.717, 1.165) is 5.56 Å². The molecule has 0 aliphatic carbocycles. The summed E-state index contributed by atoms with van der Waals surface area (Å²) < 4.78 is 0. The van der Waals surface area contributed by atoms with Crippen molar-refractivity contribution in [2.75, 3.05) is 22.5 Å². The number of aryl methyl sites for hydroxylation is 1. The summed E-state index contributed by atoms with van der Waals surface area (Å²) in [4.78, 5) is 26.0. The first-order chi connectivity index (χ1) is 10.1. The molecule has 1 heterocycles. The predicted molar refractivity (Wildman–Crippen MR) is 82.3 cm³/mol. The summed E-state index contributed by atoms with van der Waals surface area (Å²) >= 11 is 0. The predicted octanol–water partition coefficient (Wildman–Crippen LogP) is 2.18. The Labute approximate surface area is 122 Å². The maximum Gasteiger partial charge on any atom is 0.259 e. The van der Waals surface area contributed by atoms with Crippen LogP contribution in [0.25, 0.3) is 0 Å². The topological polar surface area (TPSA) is 75.4 Å². The molecule has 5 nitrogen and oxygen atoms in total. The summed E-state index contributed by atoms with van der Waals surface area (Å²) in [7, 11) is 0. The van der Waals surface area contributed by atoms with E-state index in [1.807, 2.05) is 25.1 Å². The van der Waals surface area contributed by atoms with Crippen LogP contribution in [0.3, 0.4) is 0 Å². The van der Waals surface area contributed by atoms with E-state index < -0.39 is 0 Å². The maximum absolute atomic E-state index is 12.7. The van der Waals surface area contributed by atoms with Crippen LogP contribution < -0.4 is 16.0 Å². The molecule has 0 saturated carbocycles. The molecule has 5 heteroatoms. The van der Waals surface area contributed by atoms with Gasteiger partial charge in [-0.25, -0.2) is 0 Å². The van der Waals surface area contributed by atoms with Gasteiger partial charge in [0, 0.05) is 11.3 Å². The number of amides is 2. The number of nitrogens with one attached hydrogen (secondary N) is 1. The van der Waals surface area contributed by atoms with Crippen molar-refractivity contribution in [1.82, 2.24) is 0 Å². The lowest BCUT2D eigenvalue weighted by molar-refractivity contribution is -0.115. The highest BCUT2D eigenvalue weighted by molar-refractivity contribution is 6.15. The normalized spacial score (nSPS) is 13.6. The molecule has 3 N–H and O–H groups in total. The van der Waals surface area contributed by atoms with E-state index in [1.54, 1.807) is 24.3 Å². The minimum Gasteiger partial charge on any atom is -0.399 e. The Kier molecular flexibility index (Phi) is 3.10. The molecule has 0 unspecified atom stereocenters. The SMILES string of the molecule is Cc1cc(N)ccc1C(=O)N1CC(=O)Nc2ccccc21. The summed E-state index contributed by atoms with van der Waals surface area (Å²) in [5, 5.41) is 2.77. The molecule has 106 valence electrons. The van der Waals surface area contributed by atoms with Crippen molar-refractivity contribution < 1.29 is 9.59 Å². The molecule has 0 spiro atoms. The molecule has 2 aromatic carbocycles. The maximum atomic E-state index is 12.7. The smallest absolute Gasteiger partial charge is 0.259 e. The number of anilines is 3. The number of hydrogen-bond acceptors (Lipinski definition) is 3. The number of nitrogen functional groups attached to an aromatic ring is 1. The Morgan fingerprint density at radius 1 is 1.24 bits per heavy atom. The molecule has 3 rings (SSSR count). The lowest BCUT2D eigenvalue weighted by Crippen LogP contribution is -2.42. The fraction of sp³-hybridized carbons (Fsp3) is 0.125. The molecule has 1 aliphatic heterocycles.